The number of urea groups is 1. The van der Waals surface area contributed by atoms with Crippen LogP contribution in [0.25, 0.3) is 6.08 Å². The monoisotopic (exact) mass is 425 g/mol. The second-order valence-electron chi connectivity index (χ2n) is 7.43. The summed E-state index contributed by atoms with van der Waals surface area (Å²) in [7, 11) is 3.15. The fourth-order valence-corrected chi connectivity index (χ4v) is 3.89. The van der Waals surface area contributed by atoms with Crippen LogP contribution in [-0.2, 0) is 11.3 Å². The summed E-state index contributed by atoms with van der Waals surface area (Å²) in [5.41, 5.74) is 1.89. The third kappa shape index (κ3) is 4.05. The fourth-order valence-electron chi connectivity index (χ4n) is 3.89. The molecule has 2 heterocycles. The number of amides is 3. The molecule has 2 aromatic carbocycles. The Morgan fingerprint density at radius 2 is 1.77 bits per heavy atom. The highest BCUT2D eigenvalue weighted by Crippen LogP contribution is 2.38. The van der Waals surface area contributed by atoms with Gasteiger partial charge in [0.1, 0.15) is 23.0 Å². The molecule has 0 aliphatic carbocycles. The molecule has 2 fully saturated rings. The van der Waals surface area contributed by atoms with Gasteiger partial charge in [-0.25, -0.2) is 9.18 Å². The number of anilines is 1. The second kappa shape index (κ2) is 8.67. The van der Waals surface area contributed by atoms with E-state index in [-0.39, 0.29) is 17.8 Å². The van der Waals surface area contributed by atoms with E-state index >= 15 is 0 Å². The summed E-state index contributed by atoms with van der Waals surface area (Å²) in [5, 5.41) is 2.57. The van der Waals surface area contributed by atoms with Gasteiger partial charge in [-0.15, -0.1) is 0 Å². The first-order valence-corrected chi connectivity index (χ1v) is 10.1. The lowest BCUT2D eigenvalue weighted by Gasteiger charge is -2.22. The topological polar surface area (TPSA) is 71.1 Å². The van der Waals surface area contributed by atoms with Gasteiger partial charge in [0.15, 0.2) is 0 Å². The van der Waals surface area contributed by atoms with Crippen molar-refractivity contribution in [3.05, 3.63) is 59.0 Å². The van der Waals surface area contributed by atoms with E-state index in [0.717, 1.165) is 36.5 Å². The Balaban J connectivity index is 1.64. The molecule has 0 radical (unpaired) electrons. The molecule has 8 heteroatoms. The Morgan fingerprint density at radius 3 is 2.45 bits per heavy atom. The summed E-state index contributed by atoms with van der Waals surface area (Å²) in [6.07, 6.45) is 3.79. The zero-order valence-electron chi connectivity index (χ0n) is 17.5. The molecule has 2 saturated heterocycles. The van der Waals surface area contributed by atoms with Gasteiger partial charge in [-0.3, -0.25) is 9.69 Å². The zero-order valence-corrected chi connectivity index (χ0v) is 17.5. The molecule has 2 aromatic rings. The molecule has 4 rings (SSSR count). The Bertz CT molecular complexity index is 1050. The van der Waals surface area contributed by atoms with Crippen LogP contribution in [0.15, 0.2) is 42.1 Å². The number of nitrogens with zero attached hydrogens (tertiary/aromatic N) is 2. The van der Waals surface area contributed by atoms with Crippen molar-refractivity contribution in [2.45, 2.75) is 19.4 Å². The van der Waals surface area contributed by atoms with E-state index in [0.29, 0.717) is 17.1 Å². The maximum atomic E-state index is 14.0. The first-order chi connectivity index (χ1) is 15.0. The highest BCUT2D eigenvalue weighted by Gasteiger charge is 2.34. The van der Waals surface area contributed by atoms with Gasteiger partial charge in [0, 0.05) is 30.3 Å². The molecule has 2 aliphatic rings. The lowest BCUT2D eigenvalue weighted by molar-refractivity contribution is -0.123. The smallest absolute Gasteiger partial charge is 0.329 e. The quantitative estimate of drug-likeness (QED) is 0.566. The summed E-state index contributed by atoms with van der Waals surface area (Å²) < 4.78 is 25.1. The number of halogens is 1. The van der Waals surface area contributed by atoms with Crippen LogP contribution in [0.2, 0.25) is 0 Å². The van der Waals surface area contributed by atoms with Crippen molar-refractivity contribution in [2.24, 2.45) is 0 Å². The number of imide groups is 1. The van der Waals surface area contributed by atoms with Crippen LogP contribution in [0.3, 0.4) is 0 Å². The molecule has 0 aromatic heterocycles. The number of nitrogens with one attached hydrogen (secondary N) is 1. The molecule has 31 heavy (non-hydrogen) atoms. The average molecular weight is 425 g/mol. The van der Waals surface area contributed by atoms with E-state index in [4.69, 9.17) is 9.47 Å². The van der Waals surface area contributed by atoms with Crippen LogP contribution in [0.1, 0.15) is 24.0 Å². The van der Waals surface area contributed by atoms with Gasteiger partial charge < -0.3 is 19.7 Å². The normalized spacial score (nSPS) is 17.5. The number of rotatable bonds is 6. The van der Waals surface area contributed by atoms with E-state index < -0.39 is 17.8 Å². The lowest BCUT2D eigenvalue weighted by Crippen LogP contribution is -2.30. The molecule has 1 N–H and O–H groups in total. The number of methoxy groups -OCH3 is 2. The second-order valence-corrected chi connectivity index (χ2v) is 7.43. The van der Waals surface area contributed by atoms with Crippen molar-refractivity contribution in [3.63, 3.8) is 0 Å². The molecular formula is C23H24FN3O4. The van der Waals surface area contributed by atoms with Gasteiger partial charge in [0.25, 0.3) is 5.91 Å². The number of ether oxygens (including phenoxy) is 2. The molecule has 0 atom stereocenters. The Hall–Kier alpha value is -3.55. The molecule has 2 aliphatic heterocycles. The van der Waals surface area contributed by atoms with E-state index in [1.54, 1.807) is 44.6 Å². The van der Waals surface area contributed by atoms with Crippen LogP contribution in [0.4, 0.5) is 14.9 Å². The number of benzene rings is 2. The predicted octanol–water partition coefficient (Wildman–Crippen LogP) is 3.54. The number of carbonyl (C=O) groups is 2. The largest absolute Gasteiger partial charge is 0.496 e. The minimum atomic E-state index is -0.598. The summed E-state index contributed by atoms with van der Waals surface area (Å²) in [4.78, 5) is 28.4. The SMILES string of the molecule is COc1cc(N2CCCC2)c(OC)cc1C=C1NC(=O)N(Cc2ccccc2F)C1=O. The van der Waals surface area contributed by atoms with Gasteiger partial charge in [0.2, 0.25) is 0 Å². The first-order valence-electron chi connectivity index (χ1n) is 10.1. The number of hydrogen-bond donors (Lipinski definition) is 1. The highest BCUT2D eigenvalue weighted by atomic mass is 19.1. The van der Waals surface area contributed by atoms with E-state index in [9.17, 15) is 14.0 Å². The minimum Gasteiger partial charge on any atom is -0.496 e. The van der Waals surface area contributed by atoms with Gasteiger partial charge in [-0.2, -0.15) is 0 Å². The van der Waals surface area contributed by atoms with E-state index in [1.807, 2.05) is 6.07 Å². The molecular weight excluding hydrogens is 401 g/mol. The molecule has 0 saturated carbocycles. The summed E-state index contributed by atoms with van der Waals surface area (Å²) in [6, 6.07) is 9.13. The van der Waals surface area contributed by atoms with Crippen molar-refractivity contribution < 1.29 is 23.5 Å². The zero-order chi connectivity index (χ0) is 22.0. The maximum absolute atomic E-state index is 14.0. The van der Waals surface area contributed by atoms with Crippen molar-refractivity contribution in [1.29, 1.82) is 0 Å². The Morgan fingerprint density at radius 1 is 1.06 bits per heavy atom. The molecule has 7 nitrogen and oxygen atoms in total. The molecule has 3 amide bonds. The van der Waals surface area contributed by atoms with Crippen molar-refractivity contribution >= 4 is 23.7 Å². The van der Waals surface area contributed by atoms with Crippen LogP contribution in [0, 0.1) is 5.82 Å². The van der Waals surface area contributed by atoms with E-state index in [2.05, 4.69) is 10.2 Å². The predicted molar refractivity (Wildman–Crippen MR) is 114 cm³/mol. The van der Waals surface area contributed by atoms with E-state index in [1.165, 1.54) is 6.07 Å². The maximum Gasteiger partial charge on any atom is 0.329 e. The molecule has 0 bridgehead atoms. The van der Waals surface area contributed by atoms with Crippen molar-refractivity contribution in [3.8, 4) is 11.5 Å². The number of carbonyl (C=O) groups excluding carboxylic acids is 2. The molecule has 0 unspecified atom stereocenters. The van der Waals surface area contributed by atoms with Crippen LogP contribution >= 0.6 is 0 Å². The Labute approximate surface area is 180 Å². The van der Waals surface area contributed by atoms with Gasteiger partial charge in [-0.1, -0.05) is 18.2 Å². The standard InChI is InChI=1S/C23H24FN3O4/c1-30-20-13-19(26-9-5-6-10-26)21(31-2)12-16(20)11-18-22(28)27(23(29)25-18)14-15-7-3-4-8-17(15)24/h3-4,7-8,11-13H,5-6,9-10,14H2,1-2H3,(H,25,29). The molecule has 162 valence electrons. The van der Waals surface area contributed by atoms with Crippen LogP contribution in [-0.4, -0.2) is 44.1 Å². The van der Waals surface area contributed by atoms with Crippen LogP contribution in [0.5, 0.6) is 11.5 Å². The molecule has 0 spiro atoms. The fraction of sp³-hybridized carbons (Fsp3) is 0.304. The third-order valence-corrected chi connectivity index (χ3v) is 5.53. The Kier molecular flexibility index (Phi) is 5.79. The number of hydrogen-bond acceptors (Lipinski definition) is 5. The highest BCUT2D eigenvalue weighted by molar-refractivity contribution is 6.14. The van der Waals surface area contributed by atoms with Gasteiger partial charge >= 0.3 is 6.03 Å². The lowest BCUT2D eigenvalue weighted by atomic mass is 10.1. The van der Waals surface area contributed by atoms with Crippen molar-refractivity contribution in [1.82, 2.24) is 10.2 Å². The summed E-state index contributed by atoms with van der Waals surface area (Å²) in [6.45, 7) is 1.74. The summed E-state index contributed by atoms with van der Waals surface area (Å²) >= 11 is 0. The average Bonchev–Trinajstić information content (AvgIpc) is 3.39. The first kappa shape index (κ1) is 20.7. The third-order valence-electron chi connectivity index (χ3n) is 5.53. The van der Waals surface area contributed by atoms with Crippen LogP contribution < -0.4 is 19.7 Å². The van der Waals surface area contributed by atoms with Crippen molar-refractivity contribution in [2.75, 3.05) is 32.2 Å². The van der Waals surface area contributed by atoms with Gasteiger partial charge in [-0.05, 0) is 31.1 Å². The summed E-state index contributed by atoms with van der Waals surface area (Å²) in [5.74, 6) is 0.224. The minimum absolute atomic E-state index is 0.0932. The van der Waals surface area contributed by atoms with Gasteiger partial charge in [0.05, 0.1) is 26.5 Å².